The van der Waals surface area contributed by atoms with E-state index in [2.05, 4.69) is 10.0 Å². The zero-order valence-corrected chi connectivity index (χ0v) is 17.3. The predicted octanol–water partition coefficient (Wildman–Crippen LogP) is 4.40. The summed E-state index contributed by atoms with van der Waals surface area (Å²) in [5.41, 5.74) is 0.817. The molecule has 0 aliphatic heterocycles. The maximum atomic E-state index is 12.8. The Labute approximate surface area is 178 Å². The van der Waals surface area contributed by atoms with Crippen molar-refractivity contribution >= 4 is 44.9 Å². The molecule has 3 rings (SSSR count). The van der Waals surface area contributed by atoms with Gasteiger partial charge in [0.15, 0.2) is 0 Å². The second-order valence-corrected chi connectivity index (χ2v) is 8.49. The first-order chi connectivity index (χ1) is 14.2. The van der Waals surface area contributed by atoms with E-state index in [9.17, 15) is 23.1 Å². The molecule has 0 saturated heterocycles. The molecule has 1 amide bonds. The molecule has 0 aromatic heterocycles. The fourth-order valence-corrected chi connectivity index (χ4v) is 4.28. The van der Waals surface area contributed by atoms with Gasteiger partial charge in [-0.2, -0.15) is 0 Å². The summed E-state index contributed by atoms with van der Waals surface area (Å²) in [5, 5.41) is 12.1. The van der Waals surface area contributed by atoms with Crippen LogP contribution < -0.4 is 10.0 Å². The van der Waals surface area contributed by atoms with Crippen LogP contribution in [0.5, 0.6) is 0 Å². The number of carbonyl (C=O) groups excluding carboxylic acids is 1. The number of rotatable bonds is 6. The van der Waals surface area contributed by atoms with E-state index in [4.69, 9.17) is 11.6 Å². The van der Waals surface area contributed by atoms with Crippen molar-refractivity contribution in [2.45, 2.75) is 11.8 Å². The lowest BCUT2D eigenvalue weighted by Crippen LogP contribution is -2.18. The number of carboxylic acid groups (broad SMARTS) is 1. The minimum atomic E-state index is -3.99. The first-order valence-corrected chi connectivity index (χ1v) is 10.6. The van der Waals surface area contributed by atoms with E-state index >= 15 is 0 Å². The number of carbonyl (C=O) groups is 2. The Balaban J connectivity index is 1.91. The minimum Gasteiger partial charge on any atom is -0.478 e. The number of aromatic carboxylic acids is 1. The molecule has 9 heteroatoms. The molecule has 0 fully saturated rings. The molecular weight excluding hydrogens is 428 g/mol. The Kier molecular flexibility index (Phi) is 6.09. The van der Waals surface area contributed by atoms with Gasteiger partial charge in [-0.05, 0) is 55.0 Å². The lowest BCUT2D eigenvalue weighted by atomic mass is 10.1. The van der Waals surface area contributed by atoms with Gasteiger partial charge in [0.05, 0.1) is 21.8 Å². The molecule has 30 heavy (non-hydrogen) atoms. The second-order valence-electron chi connectivity index (χ2n) is 6.40. The first-order valence-electron chi connectivity index (χ1n) is 8.70. The van der Waals surface area contributed by atoms with Crippen LogP contribution in [0.15, 0.2) is 71.6 Å². The third-order valence-electron chi connectivity index (χ3n) is 4.22. The second kappa shape index (κ2) is 8.56. The average molecular weight is 445 g/mol. The van der Waals surface area contributed by atoms with Crippen molar-refractivity contribution in [3.8, 4) is 0 Å². The topological polar surface area (TPSA) is 113 Å². The van der Waals surface area contributed by atoms with Crippen LogP contribution in [-0.2, 0) is 10.0 Å². The number of sulfonamides is 1. The van der Waals surface area contributed by atoms with Gasteiger partial charge < -0.3 is 10.4 Å². The molecule has 0 saturated carbocycles. The highest BCUT2D eigenvalue weighted by atomic mass is 35.5. The number of benzene rings is 3. The summed E-state index contributed by atoms with van der Waals surface area (Å²) in [6, 6.07) is 16.4. The molecule has 3 N–H and O–H groups in total. The van der Waals surface area contributed by atoms with E-state index in [1.807, 2.05) is 0 Å². The Bertz CT molecular complexity index is 1240. The summed E-state index contributed by atoms with van der Waals surface area (Å²) in [5.74, 6) is -1.83. The summed E-state index contributed by atoms with van der Waals surface area (Å²) in [6.45, 7) is 1.61. The number of halogens is 1. The molecule has 0 aliphatic carbocycles. The van der Waals surface area contributed by atoms with Crippen LogP contribution in [0.4, 0.5) is 11.4 Å². The minimum absolute atomic E-state index is 0.0623. The Morgan fingerprint density at radius 2 is 1.70 bits per heavy atom. The van der Waals surface area contributed by atoms with Gasteiger partial charge in [-0.25, -0.2) is 13.2 Å². The van der Waals surface area contributed by atoms with Crippen molar-refractivity contribution < 1.29 is 23.1 Å². The number of hydrogen-bond acceptors (Lipinski definition) is 4. The van der Waals surface area contributed by atoms with E-state index in [-0.39, 0.29) is 27.4 Å². The van der Waals surface area contributed by atoms with Gasteiger partial charge in [0.2, 0.25) is 0 Å². The van der Waals surface area contributed by atoms with E-state index in [0.717, 1.165) is 0 Å². The highest BCUT2D eigenvalue weighted by Gasteiger charge is 2.20. The molecule has 7 nitrogen and oxygen atoms in total. The Hall–Kier alpha value is -3.36. The first kappa shape index (κ1) is 21.4. The standard InChI is InChI=1S/C21H17ClN2O5S/c1-13-9-10-14(20(25)23-18-8-3-2-7-17(18)21(26)27)11-19(13)30(28,29)24-16-6-4-5-15(22)12-16/h2-12,24H,1H3,(H,23,25)(H,26,27). The quantitative estimate of drug-likeness (QED) is 0.521. The van der Waals surface area contributed by atoms with Crippen molar-refractivity contribution in [1.29, 1.82) is 0 Å². The Morgan fingerprint density at radius 1 is 0.967 bits per heavy atom. The van der Waals surface area contributed by atoms with Crippen molar-refractivity contribution in [3.05, 3.63) is 88.4 Å². The largest absolute Gasteiger partial charge is 0.478 e. The van der Waals surface area contributed by atoms with Gasteiger partial charge in [0, 0.05) is 10.6 Å². The SMILES string of the molecule is Cc1ccc(C(=O)Nc2ccccc2C(=O)O)cc1S(=O)(=O)Nc1cccc(Cl)c1. The third kappa shape index (κ3) is 4.79. The fourth-order valence-electron chi connectivity index (χ4n) is 2.77. The lowest BCUT2D eigenvalue weighted by molar-refractivity contribution is 0.0698. The molecule has 154 valence electrons. The maximum absolute atomic E-state index is 12.8. The fraction of sp³-hybridized carbons (Fsp3) is 0.0476. The van der Waals surface area contributed by atoms with Crippen molar-refractivity contribution in [2.24, 2.45) is 0 Å². The van der Waals surface area contributed by atoms with Crippen LogP contribution in [0, 0.1) is 6.92 Å². The number of anilines is 2. The van der Waals surface area contributed by atoms with E-state index in [0.29, 0.717) is 10.6 Å². The molecule has 0 unspecified atom stereocenters. The van der Waals surface area contributed by atoms with E-state index in [1.165, 1.54) is 42.5 Å². The zero-order chi connectivity index (χ0) is 21.9. The molecule has 3 aromatic carbocycles. The van der Waals surface area contributed by atoms with Crippen LogP contribution in [0.25, 0.3) is 0 Å². The van der Waals surface area contributed by atoms with Gasteiger partial charge >= 0.3 is 5.97 Å². The molecule has 0 spiro atoms. The number of hydrogen-bond donors (Lipinski definition) is 3. The number of carboxylic acids is 1. The van der Waals surface area contributed by atoms with Crippen LogP contribution in [-0.4, -0.2) is 25.4 Å². The van der Waals surface area contributed by atoms with Gasteiger partial charge in [-0.3, -0.25) is 9.52 Å². The van der Waals surface area contributed by atoms with Crippen molar-refractivity contribution in [3.63, 3.8) is 0 Å². The smallest absolute Gasteiger partial charge is 0.337 e. The monoisotopic (exact) mass is 444 g/mol. The molecule has 0 radical (unpaired) electrons. The van der Waals surface area contributed by atoms with Crippen LogP contribution in [0.3, 0.4) is 0 Å². The normalized spacial score (nSPS) is 11.0. The highest BCUT2D eigenvalue weighted by Crippen LogP contribution is 2.23. The summed E-state index contributed by atoms with van der Waals surface area (Å²) in [6.07, 6.45) is 0. The lowest BCUT2D eigenvalue weighted by Gasteiger charge is -2.13. The predicted molar refractivity (Wildman–Crippen MR) is 115 cm³/mol. The summed E-state index contributed by atoms with van der Waals surface area (Å²) in [7, 11) is -3.99. The number of nitrogens with one attached hydrogen (secondary N) is 2. The number of para-hydroxylation sites is 1. The maximum Gasteiger partial charge on any atom is 0.337 e. The summed E-state index contributed by atoms with van der Waals surface area (Å²) in [4.78, 5) is 23.9. The highest BCUT2D eigenvalue weighted by molar-refractivity contribution is 7.92. The summed E-state index contributed by atoms with van der Waals surface area (Å²) >= 11 is 5.90. The third-order valence-corrected chi connectivity index (χ3v) is 5.98. The molecule has 0 aliphatic rings. The molecule has 0 bridgehead atoms. The van der Waals surface area contributed by atoms with Crippen LogP contribution in [0.2, 0.25) is 5.02 Å². The van der Waals surface area contributed by atoms with Crippen LogP contribution in [0.1, 0.15) is 26.3 Å². The molecule has 0 atom stereocenters. The molecular formula is C21H17ClN2O5S. The number of amides is 1. The van der Waals surface area contributed by atoms with E-state index in [1.54, 1.807) is 31.2 Å². The number of aryl methyl sites for hydroxylation is 1. The van der Waals surface area contributed by atoms with Gasteiger partial charge in [-0.1, -0.05) is 35.9 Å². The molecule has 3 aromatic rings. The van der Waals surface area contributed by atoms with Gasteiger partial charge in [-0.15, -0.1) is 0 Å². The van der Waals surface area contributed by atoms with Crippen molar-refractivity contribution in [2.75, 3.05) is 10.0 Å². The van der Waals surface area contributed by atoms with Gasteiger partial charge in [0.25, 0.3) is 15.9 Å². The van der Waals surface area contributed by atoms with E-state index < -0.39 is 21.9 Å². The van der Waals surface area contributed by atoms with Crippen LogP contribution >= 0.6 is 11.6 Å². The Morgan fingerprint density at radius 3 is 2.40 bits per heavy atom. The molecule has 0 heterocycles. The van der Waals surface area contributed by atoms with Crippen molar-refractivity contribution in [1.82, 2.24) is 0 Å². The summed E-state index contributed by atoms with van der Waals surface area (Å²) < 4.78 is 28.1. The average Bonchev–Trinajstić information content (AvgIpc) is 2.68. The van der Waals surface area contributed by atoms with Gasteiger partial charge in [0.1, 0.15) is 0 Å². The zero-order valence-electron chi connectivity index (χ0n) is 15.7.